The molecule has 0 saturated carbocycles. The fourth-order valence-electron chi connectivity index (χ4n) is 3.42. The smallest absolute Gasteiger partial charge is 0.356 e. The summed E-state index contributed by atoms with van der Waals surface area (Å²) in [4.78, 5) is 0. The van der Waals surface area contributed by atoms with Crippen LogP contribution in [-0.4, -0.2) is 22.4 Å². The number of aryl methyl sites for hydroxylation is 1. The Morgan fingerprint density at radius 1 is 1.11 bits per heavy atom. The van der Waals surface area contributed by atoms with Crippen LogP contribution in [0.25, 0.3) is 11.0 Å². The largest absolute Gasteiger partial charge is 0.491 e. The molecule has 1 aromatic heterocycles. The van der Waals surface area contributed by atoms with Crippen molar-refractivity contribution in [2.24, 2.45) is 0 Å². The number of aliphatic hydroxyl groups excluding tert-OH is 1. The van der Waals surface area contributed by atoms with Gasteiger partial charge in [0.05, 0.1) is 6.54 Å². The molecule has 28 heavy (non-hydrogen) atoms. The Kier molecular flexibility index (Phi) is 7.18. The summed E-state index contributed by atoms with van der Waals surface area (Å²) in [6.45, 7) is 3.66. The van der Waals surface area contributed by atoms with Crippen molar-refractivity contribution in [2.75, 3.05) is 12.3 Å². The summed E-state index contributed by atoms with van der Waals surface area (Å²) in [7, 11) is 0. The van der Waals surface area contributed by atoms with Crippen LogP contribution >= 0.6 is 11.6 Å². The second-order valence-electron chi connectivity index (χ2n) is 7.09. The molecule has 0 fully saturated rings. The summed E-state index contributed by atoms with van der Waals surface area (Å²) in [5.74, 6) is 1.35. The molecule has 0 radical (unpaired) electrons. The van der Waals surface area contributed by atoms with Crippen LogP contribution in [-0.2, 0) is 13.1 Å². The molecule has 6 heteroatoms. The van der Waals surface area contributed by atoms with Gasteiger partial charge in [0.15, 0.2) is 0 Å². The number of nitrogens with zero attached hydrogens (tertiary/aromatic N) is 2. The minimum absolute atomic E-state index is 0.185. The molecule has 0 aliphatic rings. The predicted molar refractivity (Wildman–Crippen MR) is 114 cm³/mol. The topological polar surface area (TPSA) is 64.3 Å². The van der Waals surface area contributed by atoms with Crippen molar-refractivity contribution in [2.45, 2.75) is 51.8 Å². The molecule has 5 nitrogen and oxygen atoms in total. The van der Waals surface area contributed by atoms with Gasteiger partial charge in [-0.2, -0.15) is 0 Å². The van der Waals surface area contributed by atoms with Gasteiger partial charge in [-0.25, -0.2) is 9.13 Å². The van der Waals surface area contributed by atoms with Gasteiger partial charge >= 0.3 is 5.95 Å². The van der Waals surface area contributed by atoms with E-state index in [0.717, 1.165) is 24.0 Å². The minimum atomic E-state index is -0.678. The summed E-state index contributed by atoms with van der Waals surface area (Å²) in [6.07, 6.45) is 4.06. The first-order chi connectivity index (χ1) is 13.6. The SMILES string of the molecule is CCCCCCn1c(N)[n+](C[C@H](O)COc2ccc(Cl)cc2)c2ccccc21. The highest BCUT2D eigenvalue weighted by molar-refractivity contribution is 6.30. The van der Waals surface area contributed by atoms with Gasteiger partial charge in [-0.15, -0.1) is 0 Å². The van der Waals surface area contributed by atoms with E-state index in [0.29, 0.717) is 23.3 Å². The second-order valence-corrected chi connectivity index (χ2v) is 7.53. The van der Waals surface area contributed by atoms with Crippen LogP contribution in [0.3, 0.4) is 0 Å². The van der Waals surface area contributed by atoms with Crippen LogP contribution in [0, 0.1) is 0 Å². The average molecular weight is 403 g/mol. The summed E-state index contributed by atoms with van der Waals surface area (Å²) in [5.41, 5.74) is 8.59. The first kappa shape index (κ1) is 20.5. The van der Waals surface area contributed by atoms with E-state index in [1.807, 2.05) is 22.8 Å². The van der Waals surface area contributed by atoms with Crippen molar-refractivity contribution in [3.8, 4) is 5.75 Å². The number of hydrogen-bond acceptors (Lipinski definition) is 3. The highest BCUT2D eigenvalue weighted by Gasteiger charge is 2.22. The van der Waals surface area contributed by atoms with Gasteiger partial charge in [0.25, 0.3) is 0 Å². The fraction of sp³-hybridized carbons (Fsp3) is 0.409. The number of aliphatic hydroxyl groups is 1. The first-order valence-corrected chi connectivity index (χ1v) is 10.3. The Morgan fingerprint density at radius 2 is 1.86 bits per heavy atom. The third-order valence-corrected chi connectivity index (χ3v) is 5.15. The number of nitrogen functional groups attached to an aromatic ring is 1. The number of anilines is 1. The number of ether oxygens (including phenoxy) is 1. The van der Waals surface area contributed by atoms with E-state index in [9.17, 15) is 5.11 Å². The number of fused-ring (bicyclic) bond motifs is 1. The molecule has 2 aromatic carbocycles. The molecular weight excluding hydrogens is 374 g/mol. The molecule has 0 amide bonds. The molecular formula is C22H29ClN3O2+. The van der Waals surface area contributed by atoms with Crippen LogP contribution in [0.4, 0.5) is 5.95 Å². The maximum atomic E-state index is 10.5. The van der Waals surface area contributed by atoms with E-state index >= 15 is 0 Å². The number of halogens is 1. The summed E-state index contributed by atoms with van der Waals surface area (Å²) in [5, 5.41) is 11.2. The number of nitrogens with two attached hydrogens (primary N) is 1. The van der Waals surface area contributed by atoms with Gasteiger partial charge in [-0.1, -0.05) is 49.9 Å². The van der Waals surface area contributed by atoms with E-state index in [4.69, 9.17) is 22.1 Å². The molecule has 0 spiro atoms. The molecule has 150 valence electrons. The number of unbranched alkanes of at least 4 members (excludes halogenated alkanes) is 3. The first-order valence-electron chi connectivity index (χ1n) is 9.93. The Balaban J connectivity index is 1.70. The molecule has 0 aliphatic heterocycles. The lowest BCUT2D eigenvalue weighted by molar-refractivity contribution is -0.665. The van der Waals surface area contributed by atoms with Crippen LogP contribution in [0.5, 0.6) is 5.75 Å². The van der Waals surface area contributed by atoms with Crippen LogP contribution in [0.1, 0.15) is 32.6 Å². The van der Waals surface area contributed by atoms with Gasteiger partial charge in [0, 0.05) is 5.02 Å². The molecule has 3 rings (SSSR count). The number of rotatable bonds is 10. The highest BCUT2D eigenvalue weighted by atomic mass is 35.5. The van der Waals surface area contributed by atoms with Crippen LogP contribution < -0.4 is 15.0 Å². The van der Waals surface area contributed by atoms with Crippen molar-refractivity contribution in [1.82, 2.24) is 4.57 Å². The summed E-state index contributed by atoms with van der Waals surface area (Å²) < 4.78 is 9.80. The number of imidazole rings is 1. The molecule has 0 bridgehead atoms. The average Bonchev–Trinajstić information content (AvgIpc) is 2.96. The van der Waals surface area contributed by atoms with Crippen LogP contribution in [0.2, 0.25) is 5.02 Å². The van der Waals surface area contributed by atoms with Crippen molar-refractivity contribution in [3.05, 3.63) is 53.6 Å². The number of para-hydroxylation sites is 2. The van der Waals surface area contributed by atoms with Gasteiger partial charge in [0.1, 0.15) is 36.0 Å². The third-order valence-electron chi connectivity index (χ3n) is 4.90. The Hall–Kier alpha value is -2.24. The van der Waals surface area contributed by atoms with Crippen molar-refractivity contribution in [3.63, 3.8) is 0 Å². The lowest BCUT2D eigenvalue weighted by atomic mass is 10.2. The summed E-state index contributed by atoms with van der Waals surface area (Å²) >= 11 is 5.89. The number of hydrogen-bond donors (Lipinski definition) is 2. The standard InChI is InChI=1S/C22H28ClN3O2/c1-2-3-4-7-14-25-20-8-5-6-9-21(20)26(22(25)24)15-18(27)16-28-19-12-10-17(23)11-13-19/h5-6,8-13,18,24,27H,2-4,7,14-16H2,1H3/p+1/t18-/m0/s1. The molecule has 3 N–H and O–H groups in total. The monoisotopic (exact) mass is 402 g/mol. The maximum absolute atomic E-state index is 10.5. The van der Waals surface area contributed by atoms with Gasteiger partial charge in [0.2, 0.25) is 0 Å². The molecule has 1 heterocycles. The zero-order chi connectivity index (χ0) is 19.9. The number of aromatic nitrogens is 2. The van der Waals surface area contributed by atoms with Crippen LogP contribution in [0.15, 0.2) is 48.5 Å². The quantitative estimate of drug-likeness (QED) is 0.395. The van der Waals surface area contributed by atoms with Gasteiger partial charge in [-0.3, -0.25) is 5.73 Å². The highest BCUT2D eigenvalue weighted by Crippen LogP contribution is 2.18. The lowest BCUT2D eigenvalue weighted by Gasteiger charge is -2.12. The minimum Gasteiger partial charge on any atom is -0.491 e. The Bertz CT molecular complexity index is 893. The predicted octanol–water partition coefficient (Wildman–Crippen LogP) is 4.18. The van der Waals surface area contributed by atoms with Crippen molar-refractivity contribution >= 4 is 28.6 Å². The molecule has 1 atom stereocenters. The maximum Gasteiger partial charge on any atom is 0.356 e. The normalized spacial score (nSPS) is 12.4. The molecule has 3 aromatic rings. The van der Waals surface area contributed by atoms with E-state index in [-0.39, 0.29) is 6.61 Å². The number of benzene rings is 2. The van der Waals surface area contributed by atoms with Crippen molar-refractivity contribution < 1.29 is 14.4 Å². The zero-order valence-corrected chi connectivity index (χ0v) is 17.1. The second kappa shape index (κ2) is 9.80. The van der Waals surface area contributed by atoms with Crippen molar-refractivity contribution in [1.29, 1.82) is 0 Å². The Morgan fingerprint density at radius 3 is 2.61 bits per heavy atom. The third kappa shape index (κ3) is 4.97. The Labute approximate surface area is 171 Å². The van der Waals surface area contributed by atoms with E-state index in [1.165, 1.54) is 19.3 Å². The van der Waals surface area contributed by atoms with Gasteiger partial charge in [-0.05, 0) is 42.8 Å². The molecule has 0 aliphatic carbocycles. The van der Waals surface area contributed by atoms with E-state index in [1.54, 1.807) is 24.3 Å². The fourth-order valence-corrected chi connectivity index (χ4v) is 3.55. The molecule has 0 unspecified atom stereocenters. The van der Waals surface area contributed by atoms with Gasteiger partial charge < -0.3 is 9.84 Å². The molecule has 0 saturated heterocycles. The van der Waals surface area contributed by atoms with E-state index < -0.39 is 6.10 Å². The summed E-state index contributed by atoms with van der Waals surface area (Å²) in [6, 6.07) is 15.3. The zero-order valence-electron chi connectivity index (χ0n) is 16.4. The van der Waals surface area contributed by atoms with E-state index in [2.05, 4.69) is 17.6 Å². The lowest BCUT2D eigenvalue weighted by Crippen LogP contribution is -2.43.